The number of hydrogen-bond donors (Lipinski definition) is 1. The van der Waals surface area contributed by atoms with E-state index in [0.29, 0.717) is 23.4 Å². The van der Waals surface area contributed by atoms with Crippen molar-refractivity contribution < 1.29 is 4.92 Å². The van der Waals surface area contributed by atoms with Gasteiger partial charge in [0.2, 0.25) is 0 Å². The van der Waals surface area contributed by atoms with Crippen molar-refractivity contribution in [2.24, 2.45) is 11.7 Å². The fraction of sp³-hybridized carbons (Fsp3) is 0.333. The molecule has 0 amide bonds. The predicted octanol–water partition coefficient (Wildman–Crippen LogP) is 1.93. The normalized spacial score (nSPS) is 10.9. The fourth-order valence-corrected chi connectivity index (χ4v) is 2.13. The van der Waals surface area contributed by atoms with Gasteiger partial charge in [-0.15, -0.1) is 0 Å². The summed E-state index contributed by atoms with van der Waals surface area (Å²) in [5, 5.41) is 15.2. The predicted molar refractivity (Wildman–Crippen MR) is 83.3 cm³/mol. The second-order valence-corrected chi connectivity index (χ2v) is 5.45. The van der Waals surface area contributed by atoms with E-state index in [0.717, 1.165) is 0 Å². The van der Waals surface area contributed by atoms with Crippen LogP contribution in [0.1, 0.15) is 19.4 Å². The molecule has 0 bridgehead atoms. The molecule has 2 rings (SSSR count). The lowest BCUT2D eigenvalue weighted by Crippen LogP contribution is -2.29. The monoisotopic (exact) mass is 302 g/mol. The van der Waals surface area contributed by atoms with E-state index in [-0.39, 0.29) is 23.7 Å². The molecule has 22 heavy (non-hydrogen) atoms. The van der Waals surface area contributed by atoms with Crippen molar-refractivity contribution in [3.05, 3.63) is 56.4 Å². The number of nitro groups is 1. The molecule has 1 heterocycles. The van der Waals surface area contributed by atoms with Crippen LogP contribution in [0.25, 0.3) is 11.3 Å². The first kappa shape index (κ1) is 15.8. The van der Waals surface area contributed by atoms with Crippen LogP contribution in [0.5, 0.6) is 0 Å². The number of benzene rings is 1. The van der Waals surface area contributed by atoms with E-state index < -0.39 is 4.92 Å². The number of nitrogens with two attached hydrogens (primary N) is 1. The van der Waals surface area contributed by atoms with E-state index in [1.165, 1.54) is 16.8 Å². The Morgan fingerprint density at radius 3 is 2.68 bits per heavy atom. The van der Waals surface area contributed by atoms with Gasteiger partial charge in [-0.1, -0.05) is 26.0 Å². The third kappa shape index (κ3) is 3.37. The topological polar surface area (TPSA) is 104 Å². The van der Waals surface area contributed by atoms with Crippen LogP contribution in [0.4, 0.5) is 5.69 Å². The molecule has 1 aromatic heterocycles. The van der Waals surface area contributed by atoms with Crippen LogP contribution >= 0.6 is 0 Å². The fourth-order valence-electron chi connectivity index (χ4n) is 2.13. The summed E-state index contributed by atoms with van der Waals surface area (Å²) in [6.07, 6.45) is 0. The Morgan fingerprint density at radius 1 is 1.36 bits per heavy atom. The molecule has 0 saturated carbocycles. The quantitative estimate of drug-likeness (QED) is 0.671. The lowest BCUT2D eigenvalue weighted by molar-refractivity contribution is -0.384. The largest absolute Gasteiger partial charge is 0.326 e. The maximum absolute atomic E-state index is 12.2. The summed E-state index contributed by atoms with van der Waals surface area (Å²) in [5.41, 5.74) is 6.92. The van der Waals surface area contributed by atoms with E-state index in [1.807, 2.05) is 13.8 Å². The molecule has 2 aromatic rings. The van der Waals surface area contributed by atoms with Crippen molar-refractivity contribution >= 4 is 5.69 Å². The first-order valence-corrected chi connectivity index (χ1v) is 6.98. The highest BCUT2D eigenvalue weighted by Crippen LogP contribution is 2.22. The van der Waals surface area contributed by atoms with Crippen molar-refractivity contribution in [2.75, 3.05) is 0 Å². The number of nitro benzene ring substituents is 1. The molecule has 0 atom stereocenters. The molecule has 0 aliphatic carbocycles. The van der Waals surface area contributed by atoms with E-state index in [1.54, 1.807) is 18.2 Å². The standard InChI is InChI=1S/C15H18N4O3/c1-10(2)9-18-15(20)12(8-16)7-14(17-18)11-4-3-5-13(6-11)19(21)22/h3-7,10H,8-9,16H2,1-2H3. The van der Waals surface area contributed by atoms with E-state index in [2.05, 4.69) is 5.10 Å². The Balaban J connectivity index is 2.57. The molecule has 0 aliphatic rings. The maximum atomic E-state index is 12.2. The number of rotatable bonds is 5. The highest BCUT2D eigenvalue weighted by molar-refractivity contribution is 5.62. The van der Waals surface area contributed by atoms with Crippen molar-refractivity contribution in [3.8, 4) is 11.3 Å². The lowest BCUT2D eigenvalue weighted by Gasteiger charge is -2.11. The van der Waals surface area contributed by atoms with Gasteiger partial charge in [-0.3, -0.25) is 14.9 Å². The van der Waals surface area contributed by atoms with Gasteiger partial charge in [0, 0.05) is 36.3 Å². The van der Waals surface area contributed by atoms with Crippen molar-refractivity contribution in [1.82, 2.24) is 9.78 Å². The second kappa shape index (κ2) is 6.48. The van der Waals surface area contributed by atoms with Gasteiger partial charge >= 0.3 is 0 Å². The van der Waals surface area contributed by atoms with Gasteiger partial charge in [-0.25, -0.2) is 4.68 Å². The van der Waals surface area contributed by atoms with Crippen LogP contribution in [-0.4, -0.2) is 14.7 Å². The van der Waals surface area contributed by atoms with E-state index in [4.69, 9.17) is 5.73 Å². The molecular formula is C15H18N4O3. The van der Waals surface area contributed by atoms with Crippen LogP contribution in [0.15, 0.2) is 35.1 Å². The summed E-state index contributed by atoms with van der Waals surface area (Å²) in [7, 11) is 0. The molecule has 2 N–H and O–H groups in total. The van der Waals surface area contributed by atoms with Crippen LogP contribution in [0, 0.1) is 16.0 Å². The molecule has 1 aromatic carbocycles. The Labute approximate surface area is 127 Å². The van der Waals surface area contributed by atoms with Crippen molar-refractivity contribution in [2.45, 2.75) is 26.9 Å². The molecule has 7 nitrogen and oxygen atoms in total. The summed E-state index contributed by atoms with van der Waals surface area (Å²) >= 11 is 0. The molecular weight excluding hydrogens is 284 g/mol. The van der Waals surface area contributed by atoms with Gasteiger partial charge in [-0.2, -0.15) is 5.10 Å². The molecule has 0 saturated heterocycles. The Kier molecular flexibility index (Phi) is 4.67. The SMILES string of the molecule is CC(C)Cn1nc(-c2cccc([N+](=O)[O-])c2)cc(CN)c1=O. The summed E-state index contributed by atoms with van der Waals surface area (Å²) in [5.74, 6) is 0.246. The molecule has 0 radical (unpaired) electrons. The summed E-state index contributed by atoms with van der Waals surface area (Å²) in [6.45, 7) is 4.53. The number of non-ortho nitro benzene ring substituents is 1. The smallest absolute Gasteiger partial charge is 0.271 e. The minimum Gasteiger partial charge on any atom is -0.326 e. The molecule has 0 unspecified atom stereocenters. The number of nitrogens with zero attached hydrogens (tertiary/aromatic N) is 3. The van der Waals surface area contributed by atoms with Gasteiger partial charge in [0.25, 0.3) is 11.2 Å². The molecule has 116 valence electrons. The molecule has 0 spiro atoms. The average Bonchev–Trinajstić information content (AvgIpc) is 2.49. The van der Waals surface area contributed by atoms with Crippen LogP contribution in [0.3, 0.4) is 0 Å². The zero-order valence-corrected chi connectivity index (χ0v) is 12.5. The number of hydrogen-bond acceptors (Lipinski definition) is 5. The van der Waals surface area contributed by atoms with E-state index in [9.17, 15) is 14.9 Å². The van der Waals surface area contributed by atoms with E-state index >= 15 is 0 Å². The minimum atomic E-state index is -0.461. The van der Waals surface area contributed by atoms with Crippen LogP contribution < -0.4 is 11.3 Å². The molecule has 0 aliphatic heterocycles. The Bertz CT molecular complexity index is 753. The highest BCUT2D eigenvalue weighted by Gasteiger charge is 2.12. The lowest BCUT2D eigenvalue weighted by atomic mass is 10.1. The number of aromatic nitrogens is 2. The summed E-state index contributed by atoms with van der Waals surface area (Å²) in [6, 6.07) is 7.76. The molecule has 7 heteroatoms. The van der Waals surface area contributed by atoms with Gasteiger partial charge in [-0.05, 0) is 12.0 Å². The maximum Gasteiger partial charge on any atom is 0.271 e. The zero-order chi connectivity index (χ0) is 16.3. The zero-order valence-electron chi connectivity index (χ0n) is 12.5. The third-order valence-corrected chi connectivity index (χ3v) is 3.16. The van der Waals surface area contributed by atoms with Gasteiger partial charge < -0.3 is 5.73 Å². The Hall–Kier alpha value is -2.54. The Morgan fingerprint density at radius 2 is 2.09 bits per heavy atom. The minimum absolute atomic E-state index is 0.0183. The molecule has 0 fully saturated rings. The van der Waals surface area contributed by atoms with Crippen LogP contribution in [-0.2, 0) is 13.1 Å². The van der Waals surface area contributed by atoms with Gasteiger partial charge in [0.05, 0.1) is 10.6 Å². The van der Waals surface area contributed by atoms with Gasteiger partial charge in [0.15, 0.2) is 0 Å². The summed E-state index contributed by atoms with van der Waals surface area (Å²) < 4.78 is 1.38. The van der Waals surface area contributed by atoms with Crippen molar-refractivity contribution in [1.29, 1.82) is 0 Å². The van der Waals surface area contributed by atoms with Crippen molar-refractivity contribution in [3.63, 3.8) is 0 Å². The first-order valence-electron chi connectivity index (χ1n) is 6.98. The third-order valence-electron chi connectivity index (χ3n) is 3.16. The van der Waals surface area contributed by atoms with Gasteiger partial charge in [0.1, 0.15) is 0 Å². The summed E-state index contributed by atoms with van der Waals surface area (Å²) in [4.78, 5) is 22.6. The average molecular weight is 302 g/mol. The first-order chi connectivity index (χ1) is 10.4. The second-order valence-electron chi connectivity index (χ2n) is 5.45. The van der Waals surface area contributed by atoms with Crippen LogP contribution in [0.2, 0.25) is 0 Å². The highest BCUT2D eigenvalue weighted by atomic mass is 16.6.